The van der Waals surface area contributed by atoms with Crippen LogP contribution in [0.3, 0.4) is 0 Å². The monoisotopic (exact) mass is 153 g/mol. The normalized spacial score (nSPS) is 10.4. The molecule has 1 N–H and O–H groups in total. The van der Waals surface area contributed by atoms with Crippen molar-refractivity contribution in [2.24, 2.45) is 7.05 Å². The van der Waals surface area contributed by atoms with Crippen LogP contribution in [0.1, 0.15) is 32.0 Å². The van der Waals surface area contributed by atoms with Crippen LogP contribution in [-0.4, -0.2) is 4.98 Å². The molecule has 0 fully saturated rings. The van der Waals surface area contributed by atoms with E-state index < -0.39 is 0 Å². The van der Waals surface area contributed by atoms with E-state index in [1.807, 2.05) is 6.20 Å². The number of hydrogen-bond acceptors (Lipinski definition) is 0. The number of aromatic nitrogens is 2. The Labute approximate surface area is 68.3 Å². The average molecular weight is 153 g/mol. The molecule has 62 valence electrons. The molecule has 0 bridgehead atoms. The van der Waals surface area contributed by atoms with Gasteiger partial charge in [0.1, 0.15) is 12.4 Å². The Bertz CT molecular complexity index is 203. The van der Waals surface area contributed by atoms with Gasteiger partial charge in [-0.05, 0) is 6.42 Å². The van der Waals surface area contributed by atoms with E-state index in [0.29, 0.717) is 0 Å². The van der Waals surface area contributed by atoms with Crippen molar-refractivity contribution in [1.29, 1.82) is 0 Å². The van der Waals surface area contributed by atoms with E-state index in [1.165, 1.54) is 31.5 Å². The highest BCUT2D eigenvalue weighted by Gasteiger charge is 2.03. The largest absolute Gasteiger partial charge is 0.253 e. The van der Waals surface area contributed by atoms with Gasteiger partial charge in [-0.25, -0.2) is 9.55 Å². The lowest BCUT2D eigenvalue weighted by Gasteiger charge is -1.93. The standard InChI is InChI=1S/C9H16N2/c1-3-4-5-6-9-10-7-8-11(9)2/h7-8H,3-6H2,1-2H3/p+1. The summed E-state index contributed by atoms with van der Waals surface area (Å²) in [5.74, 6) is 1.33. The molecular weight excluding hydrogens is 136 g/mol. The van der Waals surface area contributed by atoms with Gasteiger partial charge in [0.25, 0.3) is 5.82 Å². The molecule has 0 aliphatic rings. The van der Waals surface area contributed by atoms with Gasteiger partial charge in [-0.15, -0.1) is 0 Å². The zero-order chi connectivity index (χ0) is 8.10. The van der Waals surface area contributed by atoms with Crippen LogP contribution >= 0.6 is 0 Å². The average Bonchev–Trinajstić information content (AvgIpc) is 2.37. The van der Waals surface area contributed by atoms with Crippen LogP contribution < -0.4 is 4.57 Å². The molecule has 0 aromatic carbocycles. The highest BCUT2D eigenvalue weighted by atomic mass is 15.0. The molecule has 1 aromatic rings. The minimum Gasteiger partial charge on any atom is -0.248 e. The minimum atomic E-state index is 1.18. The lowest BCUT2D eigenvalue weighted by molar-refractivity contribution is -0.677. The first-order valence-corrected chi connectivity index (χ1v) is 4.36. The molecule has 1 aromatic heterocycles. The molecule has 0 atom stereocenters. The Balaban J connectivity index is 2.32. The third-order valence-electron chi connectivity index (χ3n) is 1.99. The lowest BCUT2D eigenvalue weighted by Crippen LogP contribution is -2.30. The molecule has 0 spiro atoms. The summed E-state index contributed by atoms with van der Waals surface area (Å²) in [7, 11) is 2.08. The molecule has 2 heteroatoms. The first-order chi connectivity index (χ1) is 5.34. The van der Waals surface area contributed by atoms with Gasteiger partial charge in [0.15, 0.2) is 0 Å². The molecule has 0 radical (unpaired) electrons. The van der Waals surface area contributed by atoms with Gasteiger partial charge in [-0.2, -0.15) is 0 Å². The molecule has 0 saturated heterocycles. The first kappa shape index (κ1) is 8.31. The second-order valence-electron chi connectivity index (χ2n) is 2.97. The Morgan fingerprint density at radius 2 is 2.27 bits per heavy atom. The second kappa shape index (κ2) is 4.16. The Morgan fingerprint density at radius 1 is 1.45 bits per heavy atom. The van der Waals surface area contributed by atoms with E-state index in [0.717, 1.165) is 0 Å². The first-order valence-electron chi connectivity index (χ1n) is 4.36. The van der Waals surface area contributed by atoms with E-state index in [4.69, 9.17) is 0 Å². The fraction of sp³-hybridized carbons (Fsp3) is 0.667. The van der Waals surface area contributed by atoms with Crippen molar-refractivity contribution in [2.45, 2.75) is 32.6 Å². The van der Waals surface area contributed by atoms with Gasteiger partial charge in [-0.3, -0.25) is 0 Å². The molecule has 0 aliphatic heterocycles. The summed E-state index contributed by atoms with van der Waals surface area (Å²) in [5, 5.41) is 0. The van der Waals surface area contributed by atoms with Crippen LogP contribution in [-0.2, 0) is 13.5 Å². The van der Waals surface area contributed by atoms with Crippen LogP contribution in [0.15, 0.2) is 12.4 Å². The fourth-order valence-corrected chi connectivity index (χ4v) is 1.23. The van der Waals surface area contributed by atoms with Crippen molar-refractivity contribution in [1.82, 2.24) is 4.98 Å². The molecule has 1 rings (SSSR count). The second-order valence-corrected chi connectivity index (χ2v) is 2.97. The third-order valence-corrected chi connectivity index (χ3v) is 1.99. The number of imidazole rings is 1. The highest BCUT2D eigenvalue weighted by molar-refractivity contribution is 4.76. The number of nitrogens with zero attached hydrogens (tertiary/aromatic N) is 1. The zero-order valence-electron chi connectivity index (χ0n) is 7.43. The summed E-state index contributed by atoms with van der Waals surface area (Å²) in [6, 6.07) is 0. The maximum Gasteiger partial charge on any atom is 0.253 e. The SMILES string of the molecule is CCCCCc1[nH]cc[n+]1C. The summed E-state index contributed by atoms with van der Waals surface area (Å²) in [6.07, 6.45) is 9.15. The van der Waals surface area contributed by atoms with Gasteiger partial charge >= 0.3 is 0 Å². The number of H-pyrrole nitrogens is 1. The minimum absolute atomic E-state index is 1.18. The zero-order valence-corrected chi connectivity index (χ0v) is 7.43. The van der Waals surface area contributed by atoms with Crippen molar-refractivity contribution < 1.29 is 4.57 Å². The van der Waals surface area contributed by atoms with Crippen LogP contribution in [0.2, 0.25) is 0 Å². The Hall–Kier alpha value is -0.790. The number of aromatic amines is 1. The molecule has 0 amide bonds. The topological polar surface area (TPSA) is 19.7 Å². The quantitative estimate of drug-likeness (QED) is 0.500. The number of rotatable bonds is 4. The van der Waals surface area contributed by atoms with Crippen molar-refractivity contribution >= 4 is 0 Å². The van der Waals surface area contributed by atoms with Crippen molar-refractivity contribution in [2.75, 3.05) is 0 Å². The molecular formula is C9H17N2+. The van der Waals surface area contributed by atoms with Gasteiger partial charge in [-0.1, -0.05) is 19.8 Å². The summed E-state index contributed by atoms with van der Waals surface area (Å²) >= 11 is 0. The lowest BCUT2D eigenvalue weighted by atomic mass is 10.2. The molecule has 11 heavy (non-hydrogen) atoms. The molecule has 0 unspecified atom stereocenters. The van der Waals surface area contributed by atoms with Crippen molar-refractivity contribution in [3.8, 4) is 0 Å². The third kappa shape index (κ3) is 2.37. The smallest absolute Gasteiger partial charge is 0.248 e. The summed E-state index contributed by atoms with van der Waals surface area (Å²) < 4.78 is 2.15. The molecule has 0 aliphatic carbocycles. The van der Waals surface area contributed by atoms with E-state index in [2.05, 4.69) is 29.7 Å². The maximum absolute atomic E-state index is 3.23. The van der Waals surface area contributed by atoms with E-state index in [9.17, 15) is 0 Å². The van der Waals surface area contributed by atoms with E-state index in [1.54, 1.807) is 0 Å². The van der Waals surface area contributed by atoms with Crippen molar-refractivity contribution in [3.63, 3.8) is 0 Å². The molecule has 1 heterocycles. The Kier molecular flexibility index (Phi) is 3.14. The number of aryl methyl sites for hydroxylation is 2. The maximum atomic E-state index is 3.23. The summed E-state index contributed by atoms with van der Waals surface area (Å²) in [4.78, 5) is 3.23. The number of unbranched alkanes of at least 4 members (excludes halogenated alkanes) is 2. The van der Waals surface area contributed by atoms with Gasteiger partial charge in [0.2, 0.25) is 0 Å². The van der Waals surface area contributed by atoms with Crippen LogP contribution in [0.4, 0.5) is 0 Å². The number of hydrogen-bond donors (Lipinski definition) is 1. The highest BCUT2D eigenvalue weighted by Crippen LogP contribution is 1.99. The van der Waals surface area contributed by atoms with Gasteiger partial charge in [0, 0.05) is 6.42 Å². The van der Waals surface area contributed by atoms with Crippen LogP contribution in [0, 0.1) is 0 Å². The van der Waals surface area contributed by atoms with Gasteiger partial charge in [0.05, 0.1) is 7.05 Å². The van der Waals surface area contributed by atoms with Crippen LogP contribution in [0.5, 0.6) is 0 Å². The fourth-order valence-electron chi connectivity index (χ4n) is 1.23. The Morgan fingerprint density at radius 3 is 2.82 bits per heavy atom. The molecule has 2 nitrogen and oxygen atoms in total. The number of nitrogens with one attached hydrogen (secondary N) is 1. The van der Waals surface area contributed by atoms with Crippen molar-refractivity contribution in [3.05, 3.63) is 18.2 Å². The summed E-state index contributed by atoms with van der Waals surface area (Å²) in [6.45, 7) is 2.23. The predicted molar refractivity (Wildman–Crippen MR) is 45.2 cm³/mol. The van der Waals surface area contributed by atoms with Crippen LogP contribution in [0.25, 0.3) is 0 Å². The van der Waals surface area contributed by atoms with Gasteiger partial charge < -0.3 is 0 Å². The van der Waals surface area contributed by atoms with E-state index in [-0.39, 0.29) is 0 Å². The van der Waals surface area contributed by atoms with E-state index >= 15 is 0 Å². The predicted octanol–water partition coefficient (Wildman–Crippen LogP) is 1.57. The molecule has 0 saturated carbocycles. The summed E-state index contributed by atoms with van der Waals surface area (Å²) in [5.41, 5.74) is 0.